The van der Waals surface area contributed by atoms with Crippen LogP contribution in [0.1, 0.15) is 5.56 Å². The molecule has 0 saturated heterocycles. The summed E-state index contributed by atoms with van der Waals surface area (Å²) in [5.41, 5.74) is 0.792. The van der Waals surface area contributed by atoms with Crippen LogP contribution in [0, 0.1) is 10.1 Å². The van der Waals surface area contributed by atoms with Gasteiger partial charge in [-0.3, -0.25) is 14.9 Å². The Morgan fingerprint density at radius 3 is 2.43 bits per heavy atom. The fourth-order valence-corrected chi connectivity index (χ4v) is 1.29. The smallest absolute Gasteiger partial charge is 0.261 e. The number of halogens is 1. The molecule has 0 radical (unpaired) electrons. The average Bonchev–Trinajstić information content (AvgIpc) is 2.07. The summed E-state index contributed by atoms with van der Waals surface area (Å²) in [6, 6.07) is 7.13. The summed E-state index contributed by atoms with van der Waals surface area (Å²) in [4.78, 5) is 20.5. The van der Waals surface area contributed by atoms with Gasteiger partial charge in [0.15, 0.2) is 0 Å². The van der Waals surface area contributed by atoms with Crippen molar-refractivity contribution in [3.05, 3.63) is 44.4 Å². The second-order valence-corrected chi connectivity index (χ2v) is 3.75. The Hall–Kier alpha value is -1.23. The van der Waals surface area contributed by atoms with Gasteiger partial charge in [-0.1, -0.05) is 28.1 Å². The first kappa shape index (κ1) is 10.8. The zero-order chi connectivity index (χ0) is 10.6. The maximum absolute atomic E-state index is 11.1. The monoisotopic (exact) mass is 257 g/mol. The highest BCUT2D eigenvalue weighted by molar-refractivity contribution is 9.10. The summed E-state index contributed by atoms with van der Waals surface area (Å²) in [6.07, 6.45) is 0.119. The van der Waals surface area contributed by atoms with Crippen LogP contribution in [-0.4, -0.2) is 17.3 Å². The molecule has 0 saturated carbocycles. The zero-order valence-corrected chi connectivity index (χ0v) is 8.86. The third-order valence-electron chi connectivity index (χ3n) is 1.62. The van der Waals surface area contributed by atoms with Crippen LogP contribution in [-0.2, 0) is 11.2 Å². The minimum atomic E-state index is -0.610. The molecule has 1 aromatic carbocycles. The van der Waals surface area contributed by atoms with Crippen LogP contribution in [0.25, 0.3) is 0 Å². The Labute approximate surface area is 89.2 Å². The van der Waals surface area contributed by atoms with Crippen molar-refractivity contribution < 1.29 is 9.72 Å². The number of rotatable bonds is 4. The van der Waals surface area contributed by atoms with E-state index < -0.39 is 11.5 Å². The first-order valence-electron chi connectivity index (χ1n) is 3.96. The summed E-state index contributed by atoms with van der Waals surface area (Å²) in [6.45, 7) is -0.601. The van der Waals surface area contributed by atoms with E-state index in [0.717, 1.165) is 10.0 Å². The highest BCUT2D eigenvalue weighted by atomic mass is 79.9. The fourth-order valence-electron chi connectivity index (χ4n) is 1.03. The third-order valence-corrected chi connectivity index (χ3v) is 2.15. The molecule has 1 rings (SSSR count). The predicted octanol–water partition coefficient (Wildman–Crippen LogP) is 1.84. The van der Waals surface area contributed by atoms with E-state index in [2.05, 4.69) is 15.9 Å². The third kappa shape index (κ3) is 3.66. The second-order valence-electron chi connectivity index (χ2n) is 2.83. The Kier molecular flexibility index (Phi) is 3.76. The standard InChI is InChI=1S/C9H8BrNO3/c10-8-3-1-7(2-4-8)5-9(12)6-11(13)14/h1-4H,5-6H2. The predicted molar refractivity (Wildman–Crippen MR) is 54.7 cm³/mol. The Balaban J connectivity index is 2.56. The van der Waals surface area contributed by atoms with Gasteiger partial charge in [0.05, 0.1) is 0 Å². The normalized spacial score (nSPS) is 9.79. The van der Waals surface area contributed by atoms with Crippen molar-refractivity contribution in [1.29, 1.82) is 0 Å². The number of ketones is 1. The molecule has 0 heterocycles. The first-order valence-corrected chi connectivity index (χ1v) is 4.75. The summed E-state index contributed by atoms with van der Waals surface area (Å²) >= 11 is 3.26. The van der Waals surface area contributed by atoms with Gasteiger partial charge in [0.2, 0.25) is 5.78 Å². The molecule has 0 aliphatic heterocycles. The molecule has 0 bridgehead atoms. The molecule has 0 aromatic heterocycles. The number of nitrogens with zero attached hydrogens (tertiary/aromatic N) is 1. The average molecular weight is 258 g/mol. The van der Waals surface area contributed by atoms with Crippen LogP contribution in [0.4, 0.5) is 0 Å². The highest BCUT2D eigenvalue weighted by Crippen LogP contribution is 2.10. The molecule has 0 amide bonds. The molecule has 0 aliphatic carbocycles. The number of benzene rings is 1. The number of Topliss-reactive ketones (excluding diaryl/α,β-unsaturated/α-hetero) is 1. The van der Waals surface area contributed by atoms with Crippen LogP contribution in [0.15, 0.2) is 28.7 Å². The molecule has 0 N–H and O–H groups in total. The maximum atomic E-state index is 11.1. The molecule has 0 atom stereocenters. The quantitative estimate of drug-likeness (QED) is 0.611. The van der Waals surface area contributed by atoms with E-state index in [0.29, 0.717) is 0 Å². The summed E-state index contributed by atoms with van der Waals surface area (Å²) < 4.78 is 0.919. The number of nitro groups is 1. The number of hydrogen-bond acceptors (Lipinski definition) is 3. The van der Waals surface area contributed by atoms with Gasteiger partial charge in [-0.05, 0) is 17.7 Å². The molecule has 0 fully saturated rings. The minimum absolute atomic E-state index is 0.119. The molecule has 5 heteroatoms. The molecule has 0 aliphatic rings. The van der Waals surface area contributed by atoms with Crippen LogP contribution < -0.4 is 0 Å². The van der Waals surface area contributed by atoms with Crippen molar-refractivity contribution in [3.63, 3.8) is 0 Å². The van der Waals surface area contributed by atoms with E-state index >= 15 is 0 Å². The topological polar surface area (TPSA) is 60.2 Å². The number of hydrogen-bond donors (Lipinski definition) is 0. The molecule has 74 valence electrons. The van der Waals surface area contributed by atoms with Crippen molar-refractivity contribution >= 4 is 21.7 Å². The summed E-state index contributed by atoms with van der Waals surface area (Å²) in [5, 5.41) is 10.0. The molecular formula is C9H8BrNO3. The lowest BCUT2D eigenvalue weighted by atomic mass is 10.1. The SMILES string of the molecule is O=C(Cc1ccc(Br)cc1)C[N+](=O)[O-]. The molecule has 0 spiro atoms. The maximum Gasteiger partial charge on any atom is 0.261 e. The van der Waals surface area contributed by atoms with E-state index in [1.165, 1.54) is 0 Å². The van der Waals surface area contributed by atoms with Crippen LogP contribution in [0.2, 0.25) is 0 Å². The van der Waals surface area contributed by atoms with Gasteiger partial charge in [-0.25, -0.2) is 0 Å². The Morgan fingerprint density at radius 2 is 1.93 bits per heavy atom. The number of carbonyl (C=O) groups is 1. The van der Waals surface area contributed by atoms with E-state index in [1.54, 1.807) is 24.3 Å². The van der Waals surface area contributed by atoms with Gasteiger partial charge in [-0.2, -0.15) is 0 Å². The van der Waals surface area contributed by atoms with Gasteiger partial charge in [0.25, 0.3) is 6.54 Å². The summed E-state index contributed by atoms with van der Waals surface area (Å²) in [7, 11) is 0. The van der Waals surface area contributed by atoms with Gasteiger partial charge in [0.1, 0.15) is 0 Å². The van der Waals surface area contributed by atoms with Crippen molar-refractivity contribution in [2.24, 2.45) is 0 Å². The lowest BCUT2D eigenvalue weighted by molar-refractivity contribution is -0.467. The molecule has 1 aromatic rings. The van der Waals surface area contributed by atoms with Gasteiger partial charge < -0.3 is 0 Å². The van der Waals surface area contributed by atoms with Gasteiger partial charge in [0, 0.05) is 15.8 Å². The molecule has 0 unspecified atom stereocenters. The zero-order valence-electron chi connectivity index (χ0n) is 7.27. The van der Waals surface area contributed by atoms with Gasteiger partial charge >= 0.3 is 0 Å². The minimum Gasteiger partial charge on any atom is -0.292 e. The van der Waals surface area contributed by atoms with E-state index in [4.69, 9.17) is 0 Å². The van der Waals surface area contributed by atoms with Crippen molar-refractivity contribution in [3.8, 4) is 0 Å². The van der Waals surface area contributed by atoms with Crippen LogP contribution in [0.5, 0.6) is 0 Å². The van der Waals surface area contributed by atoms with Crippen LogP contribution >= 0.6 is 15.9 Å². The first-order chi connectivity index (χ1) is 6.58. The van der Waals surface area contributed by atoms with Crippen molar-refractivity contribution in [2.45, 2.75) is 6.42 Å². The lowest BCUT2D eigenvalue weighted by Gasteiger charge is -1.97. The van der Waals surface area contributed by atoms with E-state index in [-0.39, 0.29) is 12.2 Å². The fraction of sp³-hybridized carbons (Fsp3) is 0.222. The second kappa shape index (κ2) is 4.85. The molecule has 14 heavy (non-hydrogen) atoms. The van der Waals surface area contributed by atoms with Crippen LogP contribution in [0.3, 0.4) is 0 Å². The molecule has 4 nitrogen and oxygen atoms in total. The Morgan fingerprint density at radius 1 is 1.36 bits per heavy atom. The Bertz CT molecular complexity index is 348. The summed E-state index contributed by atoms with van der Waals surface area (Å²) in [5.74, 6) is -0.377. The van der Waals surface area contributed by atoms with Crippen molar-refractivity contribution in [2.75, 3.05) is 6.54 Å². The lowest BCUT2D eigenvalue weighted by Crippen LogP contribution is -2.15. The van der Waals surface area contributed by atoms with E-state index in [9.17, 15) is 14.9 Å². The molecular weight excluding hydrogens is 250 g/mol. The van der Waals surface area contributed by atoms with E-state index in [1.807, 2.05) is 0 Å². The highest BCUT2D eigenvalue weighted by Gasteiger charge is 2.09. The van der Waals surface area contributed by atoms with Gasteiger partial charge in [-0.15, -0.1) is 0 Å². The van der Waals surface area contributed by atoms with Crippen molar-refractivity contribution in [1.82, 2.24) is 0 Å². The largest absolute Gasteiger partial charge is 0.292 e. The number of carbonyl (C=O) groups excluding carboxylic acids is 1.